The first kappa shape index (κ1) is 16.2. The van der Waals surface area contributed by atoms with Crippen LogP contribution >= 0.6 is 0 Å². The van der Waals surface area contributed by atoms with Crippen LogP contribution < -0.4 is 5.32 Å². The molecule has 1 heteroatoms. The monoisotopic (exact) mass is 261 g/mol. The molecule has 1 atom stereocenters. The Balaban J connectivity index is 2.99. The van der Waals surface area contributed by atoms with Crippen molar-refractivity contribution in [3.8, 4) is 0 Å². The molecule has 0 aliphatic rings. The van der Waals surface area contributed by atoms with Crippen LogP contribution in [0.25, 0.3) is 0 Å². The van der Waals surface area contributed by atoms with Gasteiger partial charge in [-0.25, -0.2) is 0 Å². The highest BCUT2D eigenvalue weighted by Gasteiger charge is 2.28. The van der Waals surface area contributed by atoms with Gasteiger partial charge in [-0.3, -0.25) is 0 Å². The van der Waals surface area contributed by atoms with Gasteiger partial charge in [-0.05, 0) is 42.3 Å². The van der Waals surface area contributed by atoms with Gasteiger partial charge < -0.3 is 5.32 Å². The number of hydrogen-bond donors (Lipinski definition) is 1. The van der Waals surface area contributed by atoms with E-state index in [1.165, 1.54) is 36.8 Å². The topological polar surface area (TPSA) is 12.0 Å². The molecule has 0 aliphatic carbocycles. The van der Waals surface area contributed by atoms with E-state index in [1.807, 2.05) is 0 Å². The summed E-state index contributed by atoms with van der Waals surface area (Å²) in [5.74, 6) is 0. The summed E-state index contributed by atoms with van der Waals surface area (Å²) in [7, 11) is 0. The van der Waals surface area contributed by atoms with Crippen LogP contribution in [0.3, 0.4) is 0 Å². The van der Waals surface area contributed by atoms with E-state index in [2.05, 4.69) is 64.2 Å². The number of nitrogens with one attached hydrogen (secondary N) is 1. The van der Waals surface area contributed by atoms with Gasteiger partial charge in [0.25, 0.3) is 0 Å². The number of aryl methyl sites for hydroxylation is 1. The van der Waals surface area contributed by atoms with Gasteiger partial charge in [0.15, 0.2) is 0 Å². The van der Waals surface area contributed by atoms with Crippen molar-refractivity contribution in [2.45, 2.75) is 66.3 Å². The van der Waals surface area contributed by atoms with E-state index in [4.69, 9.17) is 0 Å². The van der Waals surface area contributed by atoms with Crippen LogP contribution in [0.2, 0.25) is 0 Å². The maximum atomic E-state index is 3.75. The Labute approximate surface area is 119 Å². The van der Waals surface area contributed by atoms with Crippen LogP contribution in [0.1, 0.15) is 71.0 Å². The van der Waals surface area contributed by atoms with Crippen LogP contribution in [0.15, 0.2) is 24.3 Å². The fourth-order valence-corrected chi connectivity index (χ4v) is 2.55. The molecule has 0 radical (unpaired) electrons. The molecule has 1 aromatic rings. The van der Waals surface area contributed by atoms with Crippen LogP contribution in [0, 0.1) is 5.41 Å². The summed E-state index contributed by atoms with van der Waals surface area (Å²) in [6.45, 7) is 12.6. The molecule has 0 spiro atoms. The molecular formula is C18H31N. The lowest BCUT2D eigenvalue weighted by atomic mass is 9.78. The van der Waals surface area contributed by atoms with E-state index in [9.17, 15) is 0 Å². The fraction of sp³-hybridized carbons (Fsp3) is 0.667. The first-order chi connectivity index (χ1) is 9.05. The molecule has 19 heavy (non-hydrogen) atoms. The Bertz CT molecular complexity index is 368. The predicted octanol–water partition coefficient (Wildman–Crippen LogP) is 5.12. The summed E-state index contributed by atoms with van der Waals surface area (Å²) in [6, 6.07) is 9.60. The molecule has 0 saturated heterocycles. The minimum Gasteiger partial charge on any atom is -0.309 e. The highest BCUT2D eigenvalue weighted by Crippen LogP contribution is 2.36. The fourth-order valence-electron chi connectivity index (χ4n) is 2.55. The van der Waals surface area contributed by atoms with Gasteiger partial charge in [-0.2, -0.15) is 0 Å². The van der Waals surface area contributed by atoms with Crippen LogP contribution in [0.5, 0.6) is 0 Å². The second-order valence-electron chi connectivity index (χ2n) is 6.22. The van der Waals surface area contributed by atoms with Crippen LogP contribution in [-0.4, -0.2) is 6.54 Å². The second kappa shape index (κ2) is 7.69. The van der Waals surface area contributed by atoms with E-state index in [-0.39, 0.29) is 0 Å². The molecule has 0 fully saturated rings. The Morgan fingerprint density at radius 1 is 1.11 bits per heavy atom. The number of rotatable bonds is 8. The van der Waals surface area contributed by atoms with E-state index in [0.717, 1.165) is 6.54 Å². The van der Waals surface area contributed by atoms with Crippen molar-refractivity contribution >= 4 is 0 Å². The van der Waals surface area contributed by atoms with Gasteiger partial charge in [0.2, 0.25) is 0 Å². The molecule has 0 aliphatic heterocycles. The molecule has 1 unspecified atom stereocenters. The summed E-state index contributed by atoms with van der Waals surface area (Å²) in [4.78, 5) is 0. The smallest absolute Gasteiger partial charge is 0.0371 e. The minimum absolute atomic E-state index is 0.292. The van der Waals surface area contributed by atoms with Crippen molar-refractivity contribution in [2.24, 2.45) is 5.41 Å². The summed E-state index contributed by atoms with van der Waals surface area (Å²) >= 11 is 0. The van der Waals surface area contributed by atoms with Crippen molar-refractivity contribution < 1.29 is 0 Å². The highest BCUT2D eigenvalue weighted by molar-refractivity contribution is 5.27. The lowest BCUT2D eigenvalue weighted by molar-refractivity contribution is 0.234. The Morgan fingerprint density at radius 3 is 2.42 bits per heavy atom. The molecule has 1 aromatic carbocycles. The zero-order chi connectivity index (χ0) is 14.3. The molecule has 1 rings (SSSR count). The van der Waals surface area contributed by atoms with Gasteiger partial charge in [0, 0.05) is 6.04 Å². The largest absolute Gasteiger partial charge is 0.309 e. The Hall–Kier alpha value is -0.820. The maximum absolute atomic E-state index is 3.75. The SMILES string of the molecule is CCCNC(c1cccc(CCC)c1)C(C)(C)CC. The lowest BCUT2D eigenvalue weighted by Crippen LogP contribution is -2.34. The van der Waals surface area contributed by atoms with Gasteiger partial charge >= 0.3 is 0 Å². The Kier molecular flexibility index (Phi) is 6.57. The average Bonchev–Trinajstić information content (AvgIpc) is 2.40. The van der Waals surface area contributed by atoms with E-state index in [1.54, 1.807) is 0 Å². The summed E-state index contributed by atoms with van der Waals surface area (Å²) < 4.78 is 0. The molecule has 1 nitrogen and oxygen atoms in total. The molecule has 108 valence electrons. The molecule has 1 N–H and O–H groups in total. The molecule has 0 saturated carbocycles. The molecule has 0 amide bonds. The first-order valence-corrected chi connectivity index (χ1v) is 7.87. The average molecular weight is 261 g/mol. The number of hydrogen-bond acceptors (Lipinski definition) is 1. The lowest BCUT2D eigenvalue weighted by Gasteiger charge is -2.35. The van der Waals surface area contributed by atoms with Crippen molar-refractivity contribution in [3.05, 3.63) is 35.4 Å². The molecule has 0 heterocycles. The number of benzene rings is 1. The molecular weight excluding hydrogens is 230 g/mol. The standard InChI is InChI=1S/C18H31N/c1-6-10-15-11-9-12-16(14-15)17(19-13-7-2)18(4,5)8-3/h9,11-12,14,17,19H,6-8,10,13H2,1-5H3. The zero-order valence-corrected chi connectivity index (χ0v) is 13.4. The highest BCUT2D eigenvalue weighted by atomic mass is 14.9. The van der Waals surface area contributed by atoms with Gasteiger partial charge in [-0.15, -0.1) is 0 Å². The first-order valence-electron chi connectivity index (χ1n) is 7.87. The van der Waals surface area contributed by atoms with E-state index < -0.39 is 0 Å². The van der Waals surface area contributed by atoms with Gasteiger partial charge in [0.1, 0.15) is 0 Å². The molecule has 0 bridgehead atoms. The van der Waals surface area contributed by atoms with Crippen molar-refractivity contribution in [1.29, 1.82) is 0 Å². The quantitative estimate of drug-likeness (QED) is 0.685. The van der Waals surface area contributed by atoms with Crippen molar-refractivity contribution in [1.82, 2.24) is 5.32 Å². The second-order valence-corrected chi connectivity index (χ2v) is 6.22. The van der Waals surface area contributed by atoms with Gasteiger partial charge in [-0.1, -0.05) is 65.3 Å². The Morgan fingerprint density at radius 2 is 1.84 bits per heavy atom. The third-order valence-corrected chi connectivity index (χ3v) is 4.11. The molecule has 0 aromatic heterocycles. The van der Waals surface area contributed by atoms with Crippen molar-refractivity contribution in [2.75, 3.05) is 6.54 Å². The summed E-state index contributed by atoms with van der Waals surface area (Å²) in [5, 5.41) is 3.75. The predicted molar refractivity (Wildman–Crippen MR) is 85.5 cm³/mol. The van der Waals surface area contributed by atoms with Crippen LogP contribution in [0.4, 0.5) is 0 Å². The third-order valence-electron chi connectivity index (χ3n) is 4.11. The normalized spacial score (nSPS) is 13.5. The summed E-state index contributed by atoms with van der Waals surface area (Å²) in [6.07, 6.45) is 4.77. The van der Waals surface area contributed by atoms with Gasteiger partial charge in [0.05, 0.1) is 0 Å². The maximum Gasteiger partial charge on any atom is 0.0371 e. The van der Waals surface area contributed by atoms with Crippen LogP contribution in [-0.2, 0) is 6.42 Å². The third kappa shape index (κ3) is 4.65. The van der Waals surface area contributed by atoms with Crippen molar-refractivity contribution in [3.63, 3.8) is 0 Å². The zero-order valence-electron chi connectivity index (χ0n) is 13.4. The summed E-state index contributed by atoms with van der Waals surface area (Å²) in [5.41, 5.74) is 3.21. The van der Waals surface area contributed by atoms with E-state index in [0.29, 0.717) is 11.5 Å². The van der Waals surface area contributed by atoms with E-state index >= 15 is 0 Å². The minimum atomic E-state index is 0.292.